The fourth-order valence-corrected chi connectivity index (χ4v) is 3.03. The minimum Gasteiger partial charge on any atom is -0.326 e. The molecule has 2 bridgehead atoms. The van der Waals surface area contributed by atoms with E-state index in [0.717, 1.165) is 0 Å². The summed E-state index contributed by atoms with van der Waals surface area (Å²) >= 11 is 0. The molecule has 2 aliphatic rings. The van der Waals surface area contributed by atoms with Crippen LogP contribution in [0.5, 0.6) is 0 Å². The van der Waals surface area contributed by atoms with E-state index in [1.54, 1.807) is 0 Å². The molecular formula is C15H18N2O. The molecule has 3 N–H and O–H groups in total. The SMILES string of the molecule is [2H]C(=C1[C@H]2C=C(C([2H])([2H])[2H])C[C@]1(N)c1ccc(=O)[nH]c1C2)C([2H])([2H])[2H]. The molecule has 2 aliphatic carbocycles. The third-order valence-electron chi connectivity index (χ3n) is 3.76. The number of fused-ring (bicyclic) bond motifs is 4. The van der Waals surface area contributed by atoms with Gasteiger partial charge in [0.15, 0.2) is 0 Å². The maximum Gasteiger partial charge on any atom is 0.248 e. The third kappa shape index (κ3) is 1.44. The first-order valence-electron chi connectivity index (χ1n) is 9.28. The minimum atomic E-state index is -2.65. The number of hydrogen-bond donors (Lipinski definition) is 2. The fraction of sp³-hybridized carbons (Fsp3) is 0.400. The van der Waals surface area contributed by atoms with Gasteiger partial charge in [-0.1, -0.05) is 17.7 Å². The van der Waals surface area contributed by atoms with Gasteiger partial charge in [0.25, 0.3) is 0 Å². The van der Waals surface area contributed by atoms with Gasteiger partial charge in [-0.3, -0.25) is 4.79 Å². The molecular weight excluding hydrogens is 224 g/mol. The van der Waals surface area contributed by atoms with Crippen LogP contribution >= 0.6 is 0 Å². The molecule has 1 aromatic heterocycles. The van der Waals surface area contributed by atoms with Crippen molar-refractivity contribution < 1.29 is 9.60 Å². The summed E-state index contributed by atoms with van der Waals surface area (Å²) < 4.78 is 53.9. The van der Waals surface area contributed by atoms with Gasteiger partial charge in [-0.25, -0.2) is 0 Å². The molecule has 0 saturated carbocycles. The topological polar surface area (TPSA) is 58.9 Å². The Kier molecular flexibility index (Phi) is 1.23. The number of H-pyrrole nitrogens is 1. The Morgan fingerprint density at radius 2 is 2.56 bits per heavy atom. The van der Waals surface area contributed by atoms with E-state index in [2.05, 4.69) is 4.98 Å². The highest BCUT2D eigenvalue weighted by atomic mass is 16.1. The molecule has 0 amide bonds. The van der Waals surface area contributed by atoms with Crippen molar-refractivity contribution in [1.29, 1.82) is 0 Å². The molecule has 94 valence electrons. The lowest BCUT2D eigenvalue weighted by molar-refractivity contribution is 0.409. The number of nitrogens with one attached hydrogen (secondary N) is 1. The fourth-order valence-electron chi connectivity index (χ4n) is 3.03. The Morgan fingerprint density at radius 3 is 3.33 bits per heavy atom. The predicted molar refractivity (Wildman–Crippen MR) is 72.3 cm³/mol. The smallest absolute Gasteiger partial charge is 0.248 e. The van der Waals surface area contributed by atoms with Gasteiger partial charge in [-0.15, -0.1) is 0 Å². The first-order valence-corrected chi connectivity index (χ1v) is 5.78. The quantitative estimate of drug-likeness (QED) is 0.691. The first kappa shape index (κ1) is 6.02. The van der Waals surface area contributed by atoms with Gasteiger partial charge in [-0.05, 0) is 43.7 Å². The second-order valence-electron chi connectivity index (χ2n) is 4.90. The van der Waals surface area contributed by atoms with Gasteiger partial charge in [0.1, 0.15) is 0 Å². The predicted octanol–water partition coefficient (Wildman–Crippen LogP) is 2.00. The molecule has 1 heterocycles. The molecule has 0 aliphatic heterocycles. The van der Waals surface area contributed by atoms with E-state index >= 15 is 0 Å². The van der Waals surface area contributed by atoms with Crippen LogP contribution in [0.3, 0.4) is 0 Å². The van der Waals surface area contributed by atoms with Crippen LogP contribution in [0.25, 0.3) is 0 Å². The molecule has 0 saturated heterocycles. The van der Waals surface area contributed by atoms with E-state index in [4.69, 9.17) is 15.3 Å². The van der Waals surface area contributed by atoms with Crippen LogP contribution in [0, 0.1) is 5.92 Å². The second-order valence-corrected chi connectivity index (χ2v) is 4.90. The summed E-state index contributed by atoms with van der Waals surface area (Å²) in [5.74, 6) is -0.646. The highest BCUT2D eigenvalue weighted by molar-refractivity contribution is 5.48. The van der Waals surface area contributed by atoms with Crippen molar-refractivity contribution in [2.24, 2.45) is 11.7 Å². The number of hydrogen-bond acceptors (Lipinski definition) is 2. The van der Waals surface area contributed by atoms with Gasteiger partial charge in [0.05, 0.1) is 6.91 Å². The van der Waals surface area contributed by atoms with Gasteiger partial charge in [-0.2, -0.15) is 0 Å². The highest BCUT2D eigenvalue weighted by Crippen LogP contribution is 2.47. The van der Waals surface area contributed by atoms with Crippen LogP contribution in [0.4, 0.5) is 0 Å². The number of rotatable bonds is 0. The van der Waals surface area contributed by atoms with Crippen molar-refractivity contribution in [1.82, 2.24) is 4.98 Å². The minimum absolute atomic E-state index is 0.118. The second kappa shape index (κ2) is 3.69. The number of nitrogens with two attached hydrogens (primary N) is 1. The van der Waals surface area contributed by atoms with Crippen LogP contribution in [-0.4, -0.2) is 4.98 Å². The molecule has 1 aromatic rings. The van der Waals surface area contributed by atoms with Crippen molar-refractivity contribution in [2.75, 3.05) is 0 Å². The maximum atomic E-state index is 11.6. The maximum absolute atomic E-state index is 11.6. The van der Waals surface area contributed by atoms with Crippen molar-refractivity contribution in [3.8, 4) is 0 Å². The van der Waals surface area contributed by atoms with Crippen LogP contribution in [0.15, 0.2) is 40.2 Å². The largest absolute Gasteiger partial charge is 0.326 e. The number of aromatic amines is 1. The molecule has 0 fully saturated rings. The lowest BCUT2D eigenvalue weighted by Gasteiger charge is -2.45. The molecule has 2 atom stereocenters. The Morgan fingerprint density at radius 1 is 1.67 bits per heavy atom. The third-order valence-corrected chi connectivity index (χ3v) is 3.76. The Balaban J connectivity index is 2.32. The zero-order valence-electron chi connectivity index (χ0n) is 16.7. The van der Waals surface area contributed by atoms with E-state index in [1.807, 2.05) is 0 Å². The summed E-state index contributed by atoms with van der Waals surface area (Å²) in [4.78, 5) is 14.3. The van der Waals surface area contributed by atoms with Crippen LogP contribution in [-0.2, 0) is 12.0 Å². The molecule has 3 nitrogen and oxygen atoms in total. The summed E-state index contributed by atoms with van der Waals surface area (Å²) in [6, 6.07) is 2.22. The zero-order chi connectivity index (χ0) is 18.8. The average molecular weight is 249 g/mol. The molecule has 0 spiro atoms. The number of pyridine rings is 1. The van der Waals surface area contributed by atoms with Crippen LogP contribution in [0.2, 0.25) is 0 Å². The summed E-state index contributed by atoms with van der Waals surface area (Å²) in [7, 11) is 0. The molecule has 0 aromatic carbocycles. The van der Waals surface area contributed by atoms with E-state index < -0.39 is 31.2 Å². The van der Waals surface area contributed by atoms with Crippen molar-refractivity contribution in [3.63, 3.8) is 0 Å². The van der Waals surface area contributed by atoms with Gasteiger partial charge >= 0.3 is 0 Å². The molecule has 3 heteroatoms. The van der Waals surface area contributed by atoms with Crippen LogP contribution in [0.1, 0.15) is 41.0 Å². The summed E-state index contributed by atoms with van der Waals surface area (Å²) in [6.45, 7) is -5.00. The number of aromatic nitrogens is 1. The Hall–Kier alpha value is -1.61. The number of allylic oxidation sites excluding steroid dienone is 2. The van der Waals surface area contributed by atoms with Crippen molar-refractivity contribution in [3.05, 3.63) is 57.0 Å². The molecule has 18 heavy (non-hydrogen) atoms. The molecule has 3 rings (SSSR count). The summed E-state index contributed by atoms with van der Waals surface area (Å²) in [5, 5.41) is 0. The van der Waals surface area contributed by atoms with E-state index in [-0.39, 0.29) is 29.5 Å². The summed E-state index contributed by atoms with van der Waals surface area (Å²) in [6.07, 6.45) is 1.58. The molecule has 0 radical (unpaired) electrons. The molecule has 0 unspecified atom stereocenters. The van der Waals surface area contributed by atoms with Crippen LogP contribution < -0.4 is 11.3 Å². The lowest BCUT2D eigenvalue weighted by atomic mass is 9.63. The van der Waals surface area contributed by atoms with E-state index in [9.17, 15) is 4.79 Å². The Bertz CT molecular complexity index is 847. The first-order chi connectivity index (χ1) is 11.3. The average Bonchev–Trinajstić information content (AvgIpc) is 2.43. The van der Waals surface area contributed by atoms with Crippen molar-refractivity contribution >= 4 is 0 Å². The van der Waals surface area contributed by atoms with E-state index in [1.165, 1.54) is 18.2 Å². The van der Waals surface area contributed by atoms with Gasteiger partial charge in [0.2, 0.25) is 5.56 Å². The Labute approximate surface area is 116 Å². The summed E-state index contributed by atoms with van der Waals surface area (Å²) in [5.41, 5.74) is 6.19. The normalized spacial score (nSPS) is 39.7. The highest BCUT2D eigenvalue weighted by Gasteiger charge is 2.43. The lowest BCUT2D eigenvalue weighted by Crippen LogP contribution is -2.48. The van der Waals surface area contributed by atoms with Gasteiger partial charge < -0.3 is 10.7 Å². The van der Waals surface area contributed by atoms with Gasteiger partial charge in [0, 0.05) is 25.9 Å². The van der Waals surface area contributed by atoms with Crippen molar-refractivity contribution in [2.45, 2.75) is 32.1 Å². The standard InChI is InChI=1S/C15H18N2O/c1-3-11-10-6-9(2)8-15(11,16)12-4-5-14(18)17-13(12)7-10/h3-6,10H,7-8,16H2,1-2H3,(H,17,18)/t10-,15+/m0/s1/i1D3,2D3,3D. The monoisotopic (exact) mass is 249 g/mol. The zero-order valence-corrected chi connectivity index (χ0v) is 9.71. The van der Waals surface area contributed by atoms with E-state index in [0.29, 0.717) is 11.3 Å².